The molecule has 0 amide bonds. The first kappa shape index (κ1) is 21.6. The van der Waals surface area contributed by atoms with Gasteiger partial charge in [0, 0.05) is 23.7 Å². The summed E-state index contributed by atoms with van der Waals surface area (Å²) < 4.78 is 13.5. The van der Waals surface area contributed by atoms with Crippen molar-refractivity contribution in [2.75, 3.05) is 0 Å². The number of hydrogen-bond acceptors (Lipinski definition) is 5. The average molecular weight is 452 g/mol. The second-order valence-corrected chi connectivity index (χ2v) is 8.31. The van der Waals surface area contributed by atoms with E-state index in [0.717, 1.165) is 40.9 Å². The quantitative estimate of drug-likeness (QED) is 0.303. The highest BCUT2D eigenvalue weighted by atomic mass is 16.5. The number of benzene rings is 3. The average Bonchev–Trinajstić information content (AvgIpc) is 3.36. The summed E-state index contributed by atoms with van der Waals surface area (Å²) in [6.45, 7) is 5.37. The lowest BCUT2D eigenvalue weighted by Gasteiger charge is -2.11. The van der Waals surface area contributed by atoms with E-state index >= 15 is 0 Å². The second kappa shape index (κ2) is 9.35. The van der Waals surface area contributed by atoms with Crippen LogP contribution in [-0.4, -0.2) is 14.7 Å². The molecule has 0 saturated carbocycles. The molecule has 2 heterocycles. The number of hydrogen-bond donors (Lipinski definition) is 0. The topological polar surface area (TPSA) is 70.2 Å². The summed E-state index contributed by atoms with van der Waals surface area (Å²) in [7, 11) is 0. The monoisotopic (exact) mass is 451 g/mol. The second-order valence-electron chi connectivity index (χ2n) is 8.31. The fraction of sp³-hybridized carbons (Fsp3) is 0.179. The van der Waals surface area contributed by atoms with Crippen LogP contribution in [-0.2, 0) is 13.2 Å². The molecule has 0 radical (unpaired) electrons. The summed E-state index contributed by atoms with van der Waals surface area (Å²) in [4.78, 5) is 17.8. The van der Waals surface area contributed by atoms with Crippen LogP contribution in [0.25, 0.3) is 33.7 Å². The molecule has 2 aromatic heterocycles. The van der Waals surface area contributed by atoms with Crippen LogP contribution in [0.1, 0.15) is 24.5 Å². The van der Waals surface area contributed by atoms with E-state index in [2.05, 4.69) is 21.6 Å². The molecule has 0 N–H and O–H groups in total. The van der Waals surface area contributed by atoms with Gasteiger partial charge in [0.2, 0.25) is 11.3 Å². The highest BCUT2D eigenvalue weighted by Crippen LogP contribution is 2.25. The predicted molar refractivity (Wildman–Crippen MR) is 133 cm³/mol. The Morgan fingerprint density at radius 3 is 2.56 bits per heavy atom. The van der Waals surface area contributed by atoms with Gasteiger partial charge in [-0.05, 0) is 55.3 Å². The van der Waals surface area contributed by atoms with Crippen molar-refractivity contribution >= 4 is 10.9 Å². The fourth-order valence-corrected chi connectivity index (χ4v) is 3.98. The molecule has 3 aromatic carbocycles. The molecule has 5 aromatic rings. The summed E-state index contributed by atoms with van der Waals surface area (Å²) in [6.07, 6.45) is 2.76. The third kappa shape index (κ3) is 4.35. The molecular formula is C28H25N3O3. The Bertz CT molecular complexity index is 1490. The van der Waals surface area contributed by atoms with Crippen molar-refractivity contribution in [3.8, 4) is 28.6 Å². The Hall–Kier alpha value is -4.19. The number of aromatic nitrogens is 3. The smallest absolute Gasteiger partial charge is 0.263 e. The van der Waals surface area contributed by atoms with Crippen molar-refractivity contribution in [3.05, 3.63) is 100 Å². The summed E-state index contributed by atoms with van der Waals surface area (Å²) >= 11 is 0. The maximum absolute atomic E-state index is 13.3. The van der Waals surface area contributed by atoms with Gasteiger partial charge in [-0.3, -0.25) is 4.79 Å². The van der Waals surface area contributed by atoms with Gasteiger partial charge in [0.15, 0.2) is 0 Å². The van der Waals surface area contributed by atoms with Crippen LogP contribution in [0.4, 0.5) is 0 Å². The summed E-state index contributed by atoms with van der Waals surface area (Å²) in [5.41, 5.74) is 4.14. The number of ether oxygens (including phenoxy) is 1. The van der Waals surface area contributed by atoms with Crippen LogP contribution < -0.4 is 10.2 Å². The molecule has 0 saturated heterocycles. The highest BCUT2D eigenvalue weighted by Gasteiger charge is 2.17. The van der Waals surface area contributed by atoms with Gasteiger partial charge >= 0.3 is 0 Å². The van der Waals surface area contributed by atoms with Gasteiger partial charge in [-0.15, -0.1) is 0 Å². The number of fused-ring (bicyclic) bond motifs is 1. The van der Waals surface area contributed by atoms with Crippen molar-refractivity contribution in [1.29, 1.82) is 0 Å². The van der Waals surface area contributed by atoms with Crippen molar-refractivity contribution in [1.82, 2.24) is 14.7 Å². The molecule has 0 fully saturated rings. The number of nitrogens with zero attached hydrogens (tertiary/aromatic N) is 3. The van der Waals surface area contributed by atoms with Crippen LogP contribution in [0.5, 0.6) is 5.75 Å². The van der Waals surface area contributed by atoms with Crippen molar-refractivity contribution < 1.29 is 9.26 Å². The maximum atomic E-state index is 13.3. The molecule has 0 atom stereocenters. The molecule has 5 rings (SSSR count). The molecule has 0 spiro atoms. The molecule has 0 unspecified atom stereocenters. The van der Waals surface area contributed by atoms with Crippen LogP contribution in [0.2, 0.25) is 0 Å². The maximum Gasteiger partial charge on any atom is 0.263 e. The van der Waals surface area contributed by atoms with Gasteiger partial charge in [-0.1, -0.05) is 54.0 Å². The largest absolute Gasteiger partial charge is 0.489 e. The lowest BCUT2D eigenvalue weighted by Crippen LogP contribution is -2.12. The van der Waals surface area contributed by atoms with Crippen LogP contribution >= 0.6 is 0 Å². The molecule has 0 aliphatic heterocycles. The molecule has 170 valence electrons. The SMILES string of the molecule is CCCn1cc(-c2nc(-c3ccc(OCc4ccccc4)cc3)no2)c(=O)c2cc(C)ccc21. The molecule has 0 bridgehead atoms. The normalized spacial score (nSPS) is 11.1. The van der Waals surface area contributed by atoms with E-state index in [0.29, 0.717) is 23.4 Å². The standard InChI is InChI=1S/C28H25N3O3/c1-3-15-31-17-24(26(32)23-16-19(2)9-14-25(23)31)28-29-27(30-34-28)21-10-12-22(13-11-21)33-18-20-7-5-4-6-8-20/h4-14,16-17H,3,15,18H2,1-2H3. The third-order valence-electron chi connectivity index (χ3n) is 5.72. The van der Waals surface area contributed by atoms with Crippen LogP contribution in [0.3, 0.4) is 0 Å². The van der Waals surface area contributed by atoms with E-state index in [1.807, 2.05) is 85.9 Å². The zero-order chi connectivity index (χ0) is 23.5. The van der Waals surface area contributed by atoms with Crippen molar-refractivity contribution in [3.63, 3.8) is 0 Å². The lowest BCUT2D eigenvalue weighted by atomic mass is 10.1. The van der Waals surface area contributed by atoms with E-state index in [9.17, 15) is 4.79 Å². The number of rotatable bonds is 7. The first-order valence-corrected chi connectivity index (χ1v) is 11.4. The Kier molecular flexibility index (Phi) is 5.95. The minimum atomic E-state index is -0.106. The van der Waals surface area contributed by atoms with Gasteiger partial charge in [-0.2, -0.15) is 4.98 Å². The van der Waals surface area contributed by atoms with Gasteiger partial charge in [0.1, 0.15) is 17.9 Å². The molecule has 6 nitrogen and oxygen atoms in total. The molecule has 0 aliphatic carbocycles. The predicted octanol–water partition coefficient (Wildman–Crippen LogP) is 6.02. The number of pyridine rings is 1. The van der Waals surface area contributed by atoms with Gasteiger partial charge in [0.25, 0.3) is 5.89 Å². The van der Waals surface area contributed by atoms with Gasteiger partial charge in [0.05, 0.1) is 5.52 Å². The zero-order valence-corrected chi connectivity index (χ0v) is 19.2. The van der Waals surface area contributed by atoms with E-state index in [4.69, 9.17) is 9.26 Å². The highest BCUT2D eigenvalue weighted by molar-refractivity contribution is 5.83. The molecular weight excluding hydrogens is 426 g/mol. The Morgan fingerprint density at radius 1 is 1.00 bits per heavy atom. The minimum absolute atomic E-state index is 0.106. The first-order valence-electron chi connectivity index (χ1n) is 11.4. The van der Waals surface area contributed by atoms with Crippen molar-refractivity contribution in [2.24, 2.45) is 0 Å². The summed E-state index contributed by atoms with van der Waals surface area (Å²) in [6, 6.07) is 23.5. The Morgan fingerprint density at radius 2 is 1.79 bits per heavy atom. The van der Waals surface area contributed by atoms with Gasteiger partial charge in [-0.25, -0.2) is 0 Å². The van der Waals surface area contributed by atoms with Crippen LogP contribution in [0.15, 0.2) is 88.3 Å². The lowest BCUT2D eigenvalue weighted by molar-refractivity contribution is 0.306. The van der Waals surface area contributed by atoms with Crippen LogP contribution in [0, 0.1) is 6.92 Å². The van der Waals surface area contributed by atoms with Crippen molar-refractivity contribution in [2.45, 2.75) is 33.4 Å². The van der Waals surface area contributed by atoms with E-state index in [-0.39, 0.29) is 11.3 Å². The molecule has 0 aliphatic rings. The minimum Gasteiger partial charge on any atom is -0.489 e. The van der Waals surface area contributed by atoms with Gasteiger partial charge < -0.3 is 13.8 Å². The Balaban J connectivity index is 1.42. The summed E-state index contributed by atoms with van der Waals surface area (Å²) in [5, 5.41) is 4.78. The fourth-order valence-electron chi connectivity index (χ4n) is 3.98. The Labute approximate surface area is 197 Å². The first-order chi connectivity index (χ1) is 16.6. The molecule has 34 heavy (non-hydrogen) atoms. The van der Waals surface area contributed by atoms with E-state index in [1.54, 1.807) is 0 Å². The van der Waals surface area contributed by atoms with E-state index in [1.165, 1.54) is 0 Å². The zero-order valence-electron chi connectivity index (χ0n) is 19.2. The number of aryl methyl sites for hydroxylation is 2. The third-order valence-corrected chi connectivity index (χ3v) is 5.72. The summed E-state index contributed by atoms with van der Waals surface area (Å²) in [5.74, 6) is 1.40. The molecule has 6 heteroatoms. The van der Waals surface area contributed by atoms with E-state index < -0.39 is 0 Å².